The summed E-state index contributed by atoms with van der Waals surface area (Å²) in [6, 6.07) is 29.7. The molecule has 0 amide bonds. The lowest BCUT2D eigenvalue weighted by Crippen LogP contribution is -1.99. The number of nitrogens with two attached hydrogens (primary N) is 1. The van der Waals surface area contributed by atoms with Gasteiger partial charge in [-0.25, -0.2) is 0 Å². The first-order valence-corrected chi connectivity index (χ1v) is 10.2. The van der Waals surface area contributed by atoms with Crippen LogP contribution in [0.4, 0.5) is 5.69 Å². The average molecular weight is 394 g/mol. The van der Waals surface area contributed by atoms with Gasteiger partial charge in [0.1, 0.15) is 0 Å². The Morgan fingerprint density at radius 1 is 0.621 bits per heavy atom. The molecule has 4 aromatic carbocycles. The van der Waals surface area contributed by atoms with E-state index in [1.165, 1.54) is 10.8 Å². The van der Waals surface area contributed by atoms with Crippen molar-refractivity contribution in [2.24, 2.45) is 0 Å². The fourth-order valence-corrected chi connectivity index (χ4v) is 4.72. The number of hydrogen-bond donors (Lipinski definition) is 2. The van der Waals surface area contributed by atoms with Crippen molar-refractivity contribution in [3.8, 4) is 0 Å². The predicted molar refractivity (Wildman–Crippen MR) is 126 cm³/mol. The molecule has 2 heterocycles. The van der Waals surface area contributed by atoms with Crippen molar-refractivity contribution in [3.63, 3.8) is 0 Å². The number of anilines is 1. The molecule has 0 fully saturated rings. The van der Waals surface area contributed by atoms with E-state index in [1.54, 1.807) is 11.3 Å². The fraction of sp³-hybridized carbons (Fsp3) is 0. The molecule has 0 aliphatic carbocycles. The van der Waals surface area contributed by atoms with Crippen molar-refractivity contribution in [2.75, 3.05) is 5.73 Å². The van der Waals surface area contributed by atoms with Gasteiger partial charge >= 0.3 is 0 Å². The van der Waals surface area contributed by atoms with Crippen LogP contribution in [0.15, 0.2) is 95.8 Å². The summed E-state index contributed by atoms with van der Waals surface area (Å²) < 4.78 is 2.11. The normalized spacial score (nSPS) is 11.0. The number of aromatic amines is 1. The molecule has 29 heavy (non-hydrogen) atoms. The Balaban J connectivity index is 0.000000125. The van der Waals surface area contributed by atoms with E-state index in [0.29, 0.717) is 0 Å². The average Bonchev–Trinajstić information content (AvgIpc) is 3.15. The van der Waals surface area contributed by atoms with Gasteiger partial charge in [-0.15, -0.1) is 11.3 Å². The van der Waals surface area contributed by atoms with E-state index in [4.69, 9.17) is 5.73 Å². The number of nitrogen functional groups attached to an aromatic ring is 1. The van der Waals surface area contributed by atoms with Crippen molar-refractivity contribution in [1.29, 1.82) is 0 Å². The summed E-state index contributed by atoms with van der Waals surface area (Å²) in [5, 5.41) is 4.07. The first-order valence-electron chi connectivity index (χ1n) is 9.38. The first kappa shape index (κ1) is 17.5. The number of aromatic nitrogens is 1. The topological polar surface area (TPSA) is 58.9 Å². The van der Waals surface area contributed by atoms with Gasteiger partial charge < -0.3 is 10.7 Å². The van der Waals surface area contributed by atoms with Crippen LogP contribution in [0.1, 0.15) is 0 Å². The smallest absolute Gasteiger partial charge is 0.195 e. The van der Waals surface area contributed by atoms with Gasteiger partial charge in [-0.2, -0.15) is 0 Å². The number of para-hydroxylation sites is 2. The Labute approximate surface area is 171 Å². The molecule has 3 N–H and O–H groups in total. The van der Waals surface area contributed by atoms with Gasteiger partial charge in [0, 0.05) is 36.5 Å². The van der Waals surface area contributed by atoms with Crippen molar-refractivity contribution < 1.29 is 0 Å². The molecule has 0 saturated heterocycles. The molecule has 4 heteroatoms. The van der Waals surface area contributed by atoms with Crippen LogP contribution in [-0.2, 0) is 0 Å². The van der Waals surface area contributed by atoms with Crippen molar-refractivity contribution in [2.45, 2.75) is 0 Å². The van der Waals surface area contributed by atoms with E-state index < -0.39 is 0 Å². The Morgan fingerprint density at radius 2 is 1.17 bits per heavy atom. The predicted octanol–water partition coefficient (Wildman–Crippen LogP) is 6.32. The second kappa shape index (κ2) is 7.08. The van der Waals surface area contributed by atoms with Crippen LogP contribution in [0.25, 0.3) is 42.0 Å². The minimum absolute atomic E-state index is 0.139. The highest BCUT2D eigenvalue weighted by Crippen LogP contribution is 2.28. The monoisotopic (exact) mass is 394 g/mol. The molecule has 0 atom stereocenters. The van der Waals surface area contributed by atoms with Crippen LogP contribution in [0.2, 0.25) is 0 Å². The standard InChI is InChI=1S/C13H8OS.C12H10N2/c14-13-9-5-1-3-7-11(9)15-12-8-4-2-6-10(12)13;13-10-6-3-5-9-8-4-1-2-7-11(8)14-12(9)10/h1-8H;1-7,14H,13H2. The lowest BCUT2D eigenvalue weighted by molar-refractivity contribution is 1.54. The molecular weight excluding hydrogens is 376 g/mol. The zero-order valence-corrected chi connectivity index (χ0v) is 16.4. The molecule has 2 aromatic heterocycles. The fourth-order valence-electron chi connectivity index (χ4n) is 3.65. The quantitative estimate of drug-likeness (QED) is 0.234. The lowest BCUT2D eigenvalue weighted by atomic mass is 10.1. The highest BCUT2D eigenvalue weighted by molar-refractivity contribution is 7.24. The summed E-state index contributed by atoms with van der Waals surface area (Å²) in [7, 11) is 0. The molecule has 0 bridgehead atoms. The van der Waals surface area contributed by atoms with Crippen LogP contribution in [-0.4, -0.2) is 4.98 Å². The van der Waals surface area contributed by atoms with E-state index in [0.717, 1.165) is 36.9 Å². The summed E-state index contributed by atoms with van der Waals surface area (Å²) in [4.78, 5) is 15.4. The Kier molecular flexibility index (Phi) is 4.26. The van der Waals surface area contributed by atoms with Crippen LogP contribution >= 0.6 is 11.3 Å². The molecule has 0 aliphatic heterocycles. The Bertz CT molecular complexity index is 1490. The third-order valence-electron chi connectivity index (χ3n) is 5.06. The highest BCUT2D eigenvalue weighted by Gasteiger charge is 2.05. The maximum absolute atomic E-state index is 12.1. The molecule has 0 unspecified atom stereocenters. The maximum Gasteiger partial charge on any atom is 0.195 e. The Hall–Kier alpha value is -3.63. The largest absolute Gasteiger partial charge is 0.397 e. The third-order valence-corrected chi connectivity index (χ3v) is 6.21. The number of H-pyrrole nitrogens is 1. The lowest BCUT2D eigenvalue weighted by Gasteiger charge is -1.99. The first-order chi connectivity index (χ1) is 14.2. The number of nitrogens with one attached hydrogen (secondary N) is 1. The van der Waals surface area contributed by atoms with Crippen molar-refractivity contribution >= 4 is 59.0 Å². The van der Waals surface area contributed by atoms with Crippen LogP contribution < -0.4 is 11.2 Å². The van der Waals surface area contributed by atoms with Crippen molar-refractivity contribution in [3.05, 3.63) is 101 Å². The minimum atomic E-state index is 0.139. The molecule has 0 radical (unpaired) electrons. The van der Waals surface area contributed by atoms with Gasteiger partial charge in [0.2, 0.25) is 0 Å². The summed E-state index contributed by atoms with van der Waals surface area (Å²) in [6.07, 6.45) is 0. The maximum atomic E-state index is 12.1. The molecule has 140 valence electrons. The van der Waals surface area contributed by atoms with Gasteiger partial charge in [-0.3, -0.25) is 4.79 Å². The summed E-state index contributed by atoms with van der Waals surface area (Å²) in [5.74, 6) is 0. The van der Waals surface area contributed by atoms with E-state index in [-0.39, 0.29) is 5.43 Å². The van der Waals surface area contributed by atoms with E-state index in [9.17, 15) is 4.79 Å². The van der Waals surface area contributed by atoms with Crippen LogP contribution in [0.5, 0.6) is 0 Å². The molecule has 3 nitrogen and oxygen atoms in total. The minimum Gasteiger partial charge on any atom is -0.397 e. The Morgan fingerprint density at radius 3 is 1.86 bits per heavy atom. The van der Waals surface area contributed by atoms with Gasteiger partial charge in [0.15, 0.2) is 5.43 Å². The molecule has 6 rings (SSSR count). The van der Waals surface area contributed by atoms with Gasteiger partial charge in [-0.05, 0) is 36.4 Å². The van der Waals surface area contributed by atoms with Crippen LogP contribution in [0.3, 0.4) is 0 Å². The summed E-state index contributed by atoms with van der Waals surface area (Å²) in [5.41, 5.74) is 9.01. The van der Waals surface area contributed by atoms with E-state index >= 15 is 0 Å². The molecule has 0 spiro atoms. The van der Waals surface area contributed by atoms with Gasteiger partial charge in [-0.1, -0.05) is 54.6 Å². The van der Waals surface area contributed by atoms with Crippen molar-refractivity contribution in [1.82, 2.24) is 4.98 Å². The second-order valence-corrected chi connectivity index (χ2v) is 7.95. The molecule has 6 aromatic rings. The third kappa shape index (κ3) is 3.04. The zero-order chi connectivity index (χ0) is 19.8. The molecular formula is C25H18N2OS. The molecule has 0 saturated carbocycles. The van der Waals surface area contributed by atoms with E-state index in [1.807, 2.05) is 72.8 Å². The zero-order valence-electron chi connectivity index (χ0n) is 15.6. The summed E-state index contributed by atoms with van der Waals surface area (Å²) in [6.45, 7) is 0. The highest BCUT2D eigenvalue weighted by atomic mass is 32.1. The van der Waals surface area contributed by atoms with Gasteiger partial charge in [0.25, 0.3) is 0 Å². The number of rotatable bonds is 0. The second-order valence-electron chi connectivity index (χ2n) is 6.86. The molecule has 0 aliphatic rings. The number of hydrogen-bond acceptors (Lipinski definition) is 3. The van der Waals surface area contributed by atoms with Gasteiger partial charge in [0.05, 0.1) is 11.2 Å². The number of fused-ring (bicyclic) bond motifs is 5. The SMILES string of the molecule is Nc1cccc2c1[nH]c1ccccc12.O=c1c2ccccc2sc2ccccc12. The number of benzene rings is 4. The summed E-state index contributed by atoms with van der Waals surface area (Å²) >= 11 is 1.67. The van der Waals surface area contributed by atoms with Crippen LogP contribution in [0, 0.1) is 0 Å². The van der Waals surface area contributed by atoms with E-state index in [2.05, 4.69) is 23.2 Å².